The predicted octanol–water partition coefficient (Wildman–Crippen LogP) is 2.05. The van der Waals surface area contributed by atoms with E-state index in [0.29, 0.717) is 17.3 Å². The molecule has 0 amide bonds. The second kappa shape index (κ2) is 5.60. The number of hydrogen-bond acceptors (Lipinski definition) is 2. The van der Waals surface area contributed by atoms with Gasteiger partial charge < -0.3 is 10.1 Å². The number of rotatable bonds is 4. The Morgan fingerprint density at radius 2 is 2.33 bits per heavy atom. The minimum Gasteiger partial charge on any atom is -0.462 e. The highest BCUT2D eigenvalue weighted by Gasteiger charge is 2.55. The molecule has 3 fully saturated rings. The van der Waals surface area contributed by atoms with Crippen LogP contribution in [-0.4, -0.2) is 25.2 Å². The monoisotopic (exact) mass is 290 g/mol. The van der Waals surface area contributed by atoms with E-state index < -0.39 is 0 Å². The van der Waals surface area contributed by atoms with Crippen LogP contribution < -0.4 is 5.32 Å². The summed E-state index contributed by atoms with van der Waals surface area (Å²) in [7, 11) is 0. The van der Waals surface area contributed by atoms with Crippen molar-refractivity contribution in [2.45, 2.75) is 45.1 Å². The molecule has 3 heteroatoms. The van der Waals surface area contributed by atoms with Gasteiger partial charge in [-0.2, -0.15) is 0 Å². The molecular formula is C18H28NO2+. The molecule has 0 unspecified atom stereocenters. The first-order valence-corrected chi connectivity index (χ1v) is 8.36. The van der Waals surface area contributed by atoms with E-state index in [1.54, 1.807) is 0 Å². The molecule has 0 radical (unpaired) electrons. The minimum absolute atomic E-state index is 0.0261. The maximum Gasteiger partial charge on any atom is 0.315 e. The van der Waals surface area contributed by atoms with Gasteiger partial charge in [-0.1, -0.05) is 25.7 Å². The molecule has 2 N–H and O–H groups in total. The van der Waals surface area contributed by atoms with Crippen LogP contribution in [0.4, 0.5) is 0 Å². The lowest BCUT2D eigenvalue weighted by atomic mass is 9.55. The van der Waals surface area contributed by atoms with Gasteiger partial charge in [-0.15, -0.1) is 0 Å². The van der Waals surface area contributed by atoms with Crippen LogP contribution in [0.2, 0.25) is 0 Å². The zero-order chi connectivity index (χ0) is 15.0. The first kappa shape index (κ1) is 14.8. The minimum atomic E-state index is 0.0261. The number of nitrogens with two attached hydrogens (primary N) is 1. The van der Waals surface area contributed by atoms with Crippen molar-refractivity contribution in [3.63, 3.8) is 0 Å². The number of quaternary nitrogens is 1. The third kappa shape index (κ3) is 2.57. The van der Waals surface area contributed by atoms with E-state index in [1.807, 2.05) is 6.08 Å². The van der Waals surface area contributed by atoms with Gasteiger partial charge in [-0.05, 0) is 49.5 Å². The van der Waals surface area contributed by atoms with Gasteiger partial charge in [-0.25, -0.2) is 0 Å². The lowest BCUT2D eigenvalue weighted by Gasteiger charge is -2.49. The number of carbonyl (C=O) groups excluding carboxylic acids is 1. The zero-order valence-corrected chi connectivity index (χ0v) is 13.1. The molecule has 1 heterocycles. The van der Waals surface area contributed by atoms with Crippen LogP contribution in [-0.2, 0) is 9.53 Å². The first-order valence-electron chi connectivity index (χ1n) is 8.36. The molecule has 5 atom stereocenters. The highest BCUT2D eigenvalue weighted by molar-refractivity contribution is 5.75. The molecule has 2 saturated carbocycles. The molecule has 0 aromatic carbocycles. The smallest absolute Gasteiger partial charge is 0.315 e. The second-order valence-corrected chi connectivity index (χ2v) is 7.45. The largest absolute Gasteiger partial charge is 0.462 e. The quantitative estimate of drug-likeness (QED) is 0.489. The summed E-state index contributed by atoms with van der Waals surface area (Å²) in [6.45, 7) is 12.2. The Morgan fingerprint density at radius 3 is 3.10 bits per heavy atom. The molecule has 116 valence electrons. The molecule has 0 aromatic rings. The van der Waals surface area contributed by atoms with Crippen molar-refractivity contribution in [1.29, 1.82) is 0 Å². The normalized spacial score (nSPS) is 42.1. The first-order chi connectivity index (χ1) is 10.0. The Morgan fingerprint density at radius 1 is 1.52 bits per heavy atom. The van der Waals surface area contributed by atoms with Gasteiger partial charge in [0.15, 0.2) is 0 Å². The van der Waals surface area contributed by atoms with E-state index in [2.05, 4.69) is 25.4 Å². The maximum absolute atomic E-state index is 12.2. The van der Waals surface area contributed by atoms with Crippen LogP contribution in [0.25, 0.3) is 0 Å². The van der Waals surface area contributed by atoms with E-state index in [-0.39, 0.29) is 18.0 Å². The van der Waals surface area contributed by atoms with Gasteiger partial charge in [0.25, 0.3) is 0 Å². The molecule has 21 heavy (non-hydrogen) atoms. The van der Waals surface area contributed by atoms with Crippen molar-refractivity contribution >= 4 is 5.97 Å². The van der Waals surface area contributed by atoms with Crippen LogP contribution in [0.1, 0.15) is 39.0 Å². The molecule has 3 aliphatic rings. The Labute approximate surface area is 127 Å². The number of ether oxygens (including phenoxy) is 1. The van der Waals surface area contributed by atoms with Gasteiger partial charge in [0.1, 0.15) is 12.0 Å². The Balaban J connectivity index is 1.75. The van der Waals surface area contributed by atoms with Gasteiger partial charge in [0, 0.05) is 5.92 Å². The van der Waals surface area contributed by atoms with E-state index in [9.17, 15) is 4.79 Å². The van der Waals surface area contributed by atoms with Crippen molar-refractivity contribution in [3.05, 3.63) is 24.8 Å². The van der Waals surface area contributed by atoms with Crippen molar-refractivity contribution in [2.75, 3.05) is 13.1 Å². The summed E-state index contributed by atoms with van der Waals surface area (Å²) >= 11 is 0. The topological polar surface area (TPSA) is 42.9 Å². The van der Waals surface area contributed by atoms with Crippen molar-refractivity contribution in [3.8, 4) is 0 Å². The average molecular weight is 290 g/mol. The summed E-state index contributed by atoms with van der Waals surface area (Å²) in [6.07, 6.45) is 7.83. The molecule has 1 saturated heterocycles. The molecule has 3 rings (SSSR count). The highest BCUT2D eigenvalue weighted by Crippen LogP contribution is 2.56. The predicted molar refractivity (Wildman–Crippen MR) is 82.5 cm³/mol. The molecule has 0 spiro atoms. The van der Waals surface area contributed by atoms with Gasteiger partial charge in [0.2, 0.25) is 0 Å². The summed E-state index contributed by atoms with van der Waals surface area (Å²) < 4.78 is 5.74. The lowest BCUT2D eigenvalue weighted by Crippen LogP contribution is -2.85. The number of allylic oxidation sites excluding steroid dienone is 1. The molecule has 2 aliphatic carbocycles. The lowest BCUT2D eigenvalue weighted by molar-refractivity contribution is -0.650. The van der Waals surface area contributed by atoms with Gasteiger partial charge in [0.05, 0.1) is 13.1 Å². The summed E-state index contributed by atoms with van der Waals surface area (Å²) in [5, 5.41) is 2.17. The van der Waals surface area contributed by atoms with Gasteiger partial charge >= 0.3 is 5.97 Å². The molecule has 0 aromatic heterocycles. The van der Waals surface area contributed by atoms with Crippen LogP contribution in [0.5, 0.6) is 0 Å². The summed E-state index contributed by atoms with van der Waals surface area (Å²) in [5.41, 5.74) is 1.71. The van der Waals surface area contributed by atoms with Crippen molar-refractivity contribution in [1.82, 2.24) is 0 Å². The molecule has 0 bridgehead atoms. The third-order valence-electron chi connectivity index (χ3n) is 6.07. The second-order valence-electron chi connectivity index (χ2n) is 7.45. The number of fused-ring (bicyclic) bond motifs is 2. The number of hydrogen-bond donors (Lipinski definition) is 1. The van der Waals surface area contributed by atoms with E-state index in [1.165, 1.54) is 24.8 Å². The van der Waals surface area contributed by atoms with Crippen molar-refractivity contribution in [2.24, 2.45) is 23.2 Å². The van der Waals surface area contributed by atoms with Crippen LogP contribution >= 0.6 is 0 Å². The Bertz CT molecular complexity index is 458. The fourth-order valence-electron chi connectivity index (χ4n) is 4.92. The standard InChI is InChI=1S/C18H27NO2/c1-4-8-19-11-14-13-9-15-12(2)6-5-7-18(15,3)10-16(13)21-17(14)20/h4,13-16,19H,1-2,5-11H2,3H3/p+1/t13-,14+,15-,16-,18-/m1/s1. The number of esters is 1. The SMILES string of the molecule is C=CC[NH2+]C[C@@H]1C(=O)O[C@@H]2C[C@@]3(C)CCCC(=C)[C@H]3C[C@H]12. The van der Waals surface area contributed by atoms with Crippen LogP contribution in [0.3, 0.4) is 0 Å². The molecule has 1 aliphatic heterocycles. The fourth-order valence-corrected chi connectivity index (χ4v) is 4.92. The van der Waals surface area contributed by atoms with Crippen LogP contribution in [0.15, 0.2) is 24.8 Å². The zero-order valence-electron chi connectivity index (χ0n) is 13.1. The number of carbonyl (C=O) groups is 1. The molecule has 3 nitrogen and oxygen atoms in total. The van der Waals surface area contributed by atoms with Gasteiger partial charge in [-0.3, -0.25) is 4.79 Å². The third-order valence-corrected chi connectivity index (χ3v) is 6.07. The summed E-state index contributed by atoms with van der Waals surface area (Å²) in [6, 6.07) is 0. The Hall–Kier alpha value is -1.09. The summed E-state index contributed by atoms with van der Waals surface area (Å²) in [5.74, 6) is 1.07. The highest BCUT2D eigenvalue weighted by atomic mass is 16.6. The van der Waals surface area contributed by atoms with E-state index in [4.69, 9.17) is 4.74 Å². The van der Waals surface area contributed by atoms with Crippen molar-refractivity contribution < 1.29 is 14.8 Å². The van der Waals surface area contributed by atoms with E-state index in [0.717, 1.165) is 25.9 Å². The maximum atomic E-state index is 12.2. The molecular weight excluding hydrogens is 262 g/mol. The summed E-state index contributed by atoms with van der Waals surface area (Å²) in [4.78, 5) is 12.2. The fraction of sp³-hybridized carbons (Fsp3) is 0.722. The van der Waals surface area contributed by atoms with E-state index >= 15 is 0 Å². The average Bonchev–Trinajstić information content (AvgIpc) is 2.72. The Kier molecular flexibility index (Phi) is 3.96. The van der Waals surface area contributed by atoms with Crippen LogP contribution in [0, 0.1) is 23.2 Å².